The molecular formula is C13H26N2O3S. The van der Waals surface area contributed by atoms with Crippen LogP contribution in [-0.2, 0) is 14.6 Å². The fraction of sp³-hybridized carbons (Fsp3) is 1.00. The van der Waals surface area contributed by atoms with Crippen LogP contribution >= 0.6 is 0 Å². The first-order valence-electron chi connectivity index (χ1n) is 7.28. The van der Waals surface area contributed by atoms with E-state index in [1.165, 1.54) is 19.3 Å². The lowest BCUT2D eigenvalue weighted by atomic mass is 9.99. The summed E-state index contributed by atoms with van der Waals surface area (Å²) in [6.45, 7) is 3.59. The van der Waals surface area contributed by atoms with Gasteiger partial charge in [0.15, 0.2) is 9.84 Å². The van der Waals surface area contributed by atoms with E-state index >= 15 is 0 Å². The second kappa shape index (κ2) is 7.02. The zero-order valence-electron chi connectivity index (χ0n) is 11.8. The number of hydrogen-bond donors (Lipinski definition) is 1. The van der Waals surface area contributed by atoms with Crippen molar-refractivity contribution in [2.75, 3.05) is 44.9 Å². The van der Waals surface area contributed by atoms with Crippen LogP contribution in [0.15, 0.2) is 0 Å². The van der Waals surface area contributed by atoms with E-state index in [1.807, 2.05) is 0 Å². The topological polar surface area (TPSA) is 58.6 Å². The summed E-state index contributed by atoms with van der Waals surface area (Å²) in [4.78, 5) is 2.44. The standard InChI is InChI=1S/C13H26N2O3S/c1-18-8-6-14-10-12-4-2-3-7-15(12)13-5-9-19(16,17)11-13/h12-14H,2-11H2,1H3. The summed E-state index contributed by atoms with van der Waals surface area (Å²) in [5, 5.41) is 3.41. The lowest BCUT2D eigenvalue weighted by Crippen LogP contribution is -2.51. The van der Waals surface area contributed by atoms with Crippen LogP contribution in [-0.4, -0.2) is 70.3 Å². The Labute approximate surface area is 116 Å². The Kier molecular flexibility index (Phi) is 5.62. The molecule has 2 atom stereocenters. The minimum atomic E-state index is -2.78. The molecule has 2 aliphatic rings. The van der Waals surface area contributed by atoms with Gasteiger partial charge in [0.05, 0.1) is 18.1 Å². The highest BCUT2D eigenvalue weighted by atomic mass is 32.2. The Balaban J connectivity index is 1.85. The summed E-state index contributed by atoms with van der Waals surface area (Å²) in [5.41, 5.74) is 0. The fourth-order valence-corrected chi connectivity index (χ4v) is 4.94. The van der Waals surface area contributed by atoms with Gasteiger partial charge in [-0.25, -0.2) is 8.42 Å². The normalized spacial score (nSPS) is 31.6. The number of piperidine rings is 1. The van der Waals surface area contributed by atoms with Crippen LogP contribution in [0.4, 0.5) is 0 Å². The summed E-state index contributed by atoms with van der Waals surface area (Å²) >= 11 is 0. The van der Waals surface area contributed by atoms with Crippen molar-refractivity contribution in [2.45, 2.75) is 37.8 Å². The van der Waals surface area contributed by atoms with Crippen molar-refractivity contribution >= 4 is 9.84 Å². The summed E-state index contributed by atoms with van der Waals surface area (Å²) in [7, 11) is -1.07. The summed E-state index contributed by atoms with van der Waals surface area (Å²) in [6.07, 6.45) is 4.45. The molecule has 19 heavy (non-hydrogen) atoms. The molecule has 0 bridgehead atoms. The minimum Gasteiger partial charge on any atom is -0.383 e. The number of sulfone groups is 1. The van der Waals surface area contributed by atoms with Gasteiger partial charge in [0.2, 0.25) is 0 Å². The molecule has 0 aromatic heterocycles. The van der Waals surface area contributed by atoms with E-state index in [9.17, 15) is 8.42 Å². The largest absolute Gasteiger partial charge is 0.383 e. The molecule has 2 aliphatic heterocycles. The van der Waals surface area contributed by atoms with Gasteiger partial charge in [0, 0.05) is 32.3 Å². The highest BCUT2D eigenvalue weighted by Gasteiger charge is 2.36. The molecule has 6 heteroatoms. The van der Waals surface area contributed by atoms with Gasteiger partial charge in [-0.3, -0.25) is 4.90 Å². The lowest BCUT2D eigenvalue weighted by molar-refractivity contribution is 0.103. The fourth-order valence-electron chi connectivity index (χ4n) is 3.20. The third kappa shape index (κ3) is 4.41. The Hall–Kier alpha value is -0.170. The van der Waals surface area contributed by atoms with E-state index < -0.39 is 9.84 Å². The van der Waals surface area contributed by atoms with Gasteiger partial charge in [0.1, 0.15) is 0 Å². The average Bonchev–Trinajstić information content (AvgIpc) is 2.75. The molecule has 0 aliphatic carbocycles. The van der Waals surface area contributed by atoms with Crippen LogP contribution in [0.2, 0.25) is 0 Å². The van der Waals surface area contributed by atoms with Crippen molar-refractivity contribution in [1.82, 2.24) is 10.2 Å². The van der Waals surface area contributed by atoms with Crippen molar-refractivity contribution in [2.24, 2.45) is 0 Å². The predicted octanol–water partition coefficient (Wildman–Crippen LogP) is 0.264. The second-order valence-corrected chi connectivity index (χ2v) is 7.87. The molecule has 0 aromatic carbocycles. The van der Waals surface area contributed by atoms with E-state index in [0.717, 1.165) is 32.7 Å². The average molecular weight is 290 g/mol. The van der Waals surface area contributed by atoms with Gasteiger partial charge in [0.25, 0.3) is 0 Å². The van der Waals surface area contributed by atoms with Gasteiger partial charge >= 0.3 is 0 Å². The summed E-state index contributed by atoms with van der Waals surface area (Å²) in [6, 6.07) is 0.739. The minimum absolute atomic E-state index is 0.250. The molecule has 0 radical (unpaired) electrons. The number of nitrogens with zero attached hydrogens (tertiary/aromatic N) is 1. The highest BCUT2D eigenvalue weighted by Crippen LogP contribution is 2.25. The smallest absolute Gasteiger partial charge is 0.151 e. The number of nitrogens with one attached hydrogen (secondary N) is 1. The maximum Gasteiger partial charge on any atom is 0.151 e. The van der Waals surface area contributed by atoms with Gasteiger partial charge in [-0.1, -0.05) is 6.42 Å². The van der Waals surface area contributed by atoms with Crippen LogP contribution in [0, 0.1) is 0 Å². The first kappa shape index (κ1) is 15.2. The predicted molar refractivity (Wildman–Crippen MR) is 76.1 cm³/mol. The first-order chi connectivity index (χ1) is 9.12. The number of ether oxygens (including phenoxy) is 1. The molecule has 2 rings (SSSR count). The summed E-state index contributed by atoms with van der Waals surface area (Å²) in [5.74, 6) is 0.736. The third-order valence-electron chi connectivity index (χ3n) is 4.21. The molecule has 0 spiro atoms. The Morgan fingerprint density at radius 3 is 2.84 bits per heavy atom. The Morgan fingerprint density at radius 2 is 2.16 bits per heavy atom. The van der Waals surface area contributed by atoms with Gasteiger partial charge < -0.3 is 10.1 Å². The Morgan fingerprint density at radius 1 is 1.32 bits per heavy atom. The number of hydrogen-bond acceptors (Lipinski definition) is 5. The van der Waals surface area contributed by atoms with E-state index in [2.05, 4.69) is 10.2 Å². The molecule has 2 heterocycles. The van der Waals surface area contributed by atoms with Crippen molar-refractivity contribution in [3.8, 4) is 0 Å². The molecule has 2 saturated heterocycles. The molecule has 0 saturated carbocycles. The summed E-state index contributed by atoms with van der Waals surface area (Å²) < 4.78 is 28.3. The zero-order valence-corrected chi connectivity index (χ0v) is 12.6. The van der Waals surface area contributed by atoms with Gasteiger partial charge in [-0.15, -0.1) is 0 Å². The van der Waals surface area contributed by atoms with Crippen LogP contribution in [0.5, 0.6) is 0 Å². The van der Waals surface area contributed by atoms with E-state index in [1.54, 1.807) is 7.11 Å². The van der Waals surface area contributed by atoms with Crippen molar-refractivity contribution in [1.29, 1.82) is 0 Å². The van der Waals surface area contributed by atoms with Crippen LogP contribution in [0.3, 0.4) is 0 Å². The zero-order chi connectivity index (χ0) is 13.7. The van der Waals surface area contributed by atoms with E-state index in [-0.39, 0.29) is 6.04 Å². The van der Waals surface area contributed by atoms with Crippen molar-refractivity contribution in [3.63, 3.8) is 0 Å². The van der Waals surface area contributed by atoms with Crippen molar-refractivity contribution < 1.29 is 13.2 Å². The van der Waals surface area contributed by atoms with Crippen LogP contribution < -0.4 is 5.32 Å². The monoisotopic (exact) mass is 290 g/mol. The quantitative estimate of drug-likeness (QED) is 0.711. The maximum atomic E-state index is 11.6. The molecular weight excluding hydrogens is 264 g/mol. The third-order valence-corrected chi connectivity index (χ3v) is 5.96. The first-order valence-corrected chi connectivity index (χ1v) is 9.10. The number of likely N-dealkylation sites (tertiary alicyclic amines) is 1. The molecule has 2 fully saturated rings. The van der Waals surface area contributed by atoms with Crippen molar-refractivity contribution in [3.05, 3.63) is 0 Å². The van der Waals surface area contributed by atoms with Crippen LogP contribution in [0.1, 0.15) is 25.7 Å². The second-order valence-electron chi connectivity index (χ2n) is 5.64. The molecule has 5 nitrogen and oxygen atoms in total. The highest BCUT2D eigenvalue weighted by molar-refractivity contribution is 7.91. The SMILES string of the molecule is COCCNCC1CCCCN1C1CCS(=O)(=O)C1. The number of methoxy groups -OCH3 is 1. The van der Waals surface area contributed by atoms with Crippen LogP contribution in [0.25, 0.3) is 0 Å². The van der Waals surface area contributed by atoms with E-state index in [4.69, 9.17) is 4.74 Å². The number of rotatable bonds is 6. The molecule has 0 aromatic rings. The lowest BCUT2D eigenvalue weighted by Gasteiger charge is -2.39. The molecule has 112 valence electrons. The van der Waals surface area contributed by atoms with Gasteiger partial charge in [-0.05, 0) is 25.8 Å². The molecule has 0 amide bonds. The maximum absolute atomic E-state index is 11.6. The molecule has 1 N–H and O–H groups in total. The van der Waals surface area contributed by atoms with E-state index in [0.29, 0.717) is 17.5 Å². The molecule has 2 unspecified atom stereocenters. The Bertz CT molecular complexity index is 372. The van der Waals surface area contributed by atoms with Gasteiger partial charge in [-0.2, -0.15) is 0 Å².